The van der Waals surface area contributed by atoms with Crippen LogP contribution in [0.5, 0.6) is 5.75 Å². The number of alkyl halides is 3. The van der Waals surface area contributed by atoms with Crippen LogP contribution < -0.4 is 15.4 Å². The van der Waals surface area contributed by atoms with E-state index in [9.17, 15) is 4.79 Å². The van der Waals surface area contributed by atoms with Crippen molar-refractivity contribution >= 4 is 67.6 Å². The smallest absolute Gasteiger partial charge is 0.409 e. The molecule has 4 atom stereocenters. The predicted molar refractivity (Wildman–Crippen MR) is 129 cm³/mol. The highest BCUT2D eigenvalue weighted by molar-refractivity contribution is 7.22. The maximum Gasteiger partial charge on any atom is 0.409 e. The van der Waals surface area contributed by atoms with Crippen LogP contribution in [0, 0.1) is 17.8 Å². The van der Waals surface area contributed by atoms with E-state index in [0.717, 1.165) is 35.2 Å². The van der Waals surface area contributed by atoms with Crippen molar-refractivity contribution in [2.75, 3.05) is 12.4 Å². The number of rotatable bonds is 6. The first-order valence-corrected chi connectivity index (χ1v) is 12.3. The monoisotopic (exact) mass is 507 g/mol. The van der Waals surface area contributed by atoms with Gasteiger partial charge in [-0.2, -0.15) is 0 Å². The van der Waals surface area contributed by atoms with Gasteiger partial charge >= 0.3 is 6.09 Å². The second-order valence-electron chi connectivity index (χ2n) is 8.39. The van der Waals surface area contributed by atoms with Crippen LogP contribution in [0.2, 0.25) is 0 Å². The number of carbonyl (C=O) groups excluding carboxylic acids is 1. The van der Waals surface area contributed by atoms with Gasteiger partial charge < -0.3 is 14.8 Å². The zero-order valence-corrected chi connectivity index (χ0v) is 21.0. The fourth-order valence-electron chi connectivity index (χ4n) is 3.96. The average molecular weight is 509 g/mol. The minimum atomic E-state index is -1.81. The summed E-state index contributed by atoms with van der Waals surface area (Å²) in [5, 5.41) is 6.19. The van der Waals surface area contributed by atoms with Crippen molar-refractivity contribution < 1.29 is 14.3 Å². The molecule has 31 heavy (non-hydrogen) atoms. The van der Waals surface area contributed by atoms with Gasteiger partial charge in [-0.05, 0) is 48.8 Å². The summed E-state index contributed by atoms with van der Waals surface area (Å²) < 4.78 is 10.1. The molecule has 0 unspecified atom stereocenters. The molecule has 10 heteroatoms. The van der Waals surface area contributed by atoms with Gasteiger partial charge in [0.2, 0.25) is 3.79 Å². The number of benzene rings is 1. The quantitative estimate of drug-likeness (QED) is 0.340. The normalized spacial score (nSPS) is 22.9. The topological polar surface area (TPSA) is 72.5 Å². The van der Waals surface area contributed by atoms with Gasteiger partial charge in [0.15, 0.2) is 11.3 Å². The molecule has 1 fully saturated rings. The number of carbonyl (C=O) groups is 1. The molecule has 2 aromatic rings. The van der Waals surface area contributed by atoms with Crippen molar-refractivity contribution in [1.82, 2.24) is 10.3 Å². The van der Waals surface area contributed by atoms with E-state index in [1.54, 1.807) is 7.11 Å². The van der Waals surface area contributed by atoms with Crippen molar-refractivity contribution in [3.8, 4) is 5.75 Å². The van der Waals surface area contributed by atoms with Crippen LogP contribution in [-0.4, -0.2) is 34.2 Å². The maximum absolute atomic E-state index is 12.7. The Bertz CT molecular complexity index is 903. The summed E-state index contributed by atoms with van der Waals surface area (Å²) in [6.07, 6.45) is 1.22. The van der Waals surface area contributed by atoms with Crippen LogP contribution in [0.3, 0.4) is 0 Å². The molecule has 0 spiro atoms. The summed E-state index contributed by atoms with van der Waals surface area (Å²) in [4.78, 5) is 17.2. The predicted octanol–water partition coefficient (Wildman–Crippen LogP) is 6.60. The maximum atomic E-state index is 12.7. The fraction of sp³-hybridized carbons (Fsp3) is 0.619. The SMILES string of the molecule is COc1ccc2nc(N[C@H](NC(=O)O[C@@H]3C[C@@H](C)CC[C@@H]3C(C)C)C(Cl)(Cl)Cl)sc2c1. The number of nitrogens with zero attached hydrogens (tertiary/aromatic N) is 1. The Morgan fingerprint density at radius 1 is 1.29 bits per heavy atom. The molecular weight excluding hydrogens is 481 g/mol. The largest absolute Gasteiger partial charge is 0.497 e. The number of aromatic nitrogens is 1. The van der Waals surface area contributed by atoms with Crippen molar-refractivity contribution in [2.45, 2.75) is 56.1 Å². The van der Waals surface area contributed by atoms with Gasteiger partial charge in [-0.15, -0.1) is 0 Å². The molecule has 6 nitrogen and oxygen atoms in total. The molecule has 0 aliphatic heterocycles. The highest BCUT2D eigenvalue weighted by atomic mass is 35.6. The van der Waals surface area contributed by atoms with Crippen LogP contribution in [-0.2, 0) is 4.74 Å². The summed E-state index contributed by atoms with van der Waals surface area (Å²) in [5.41, 5.74) is 0.773. The molecule has 1 amide bonds. The number of methoxy groups -OCH3 is 1. The van der Waals surface area contributed by atoms with E-state index in [1.165, 1.54) is 11.3 Å². The lowest BCUT2D eigenvalue weighted by Gasteiger charge is -2.37. The summed E-state index contributed by atoms with van der Waals surface area (Å²) in [7, 11) is 1.60. The van der Waals surface area contributed by atoms with Gasteiger partial charge in [-0.1, -0.05) is 73.3 Å². The lowest BCUT2D eigenvalue weighted by molar-refractivity contribution is 0.00534. The van der Waals surface area contributed by atoms with Crippen LogP contribution >= 0.6 is 46.1 Å². The zero-order chi connectivity index (χ0) is 22.8. The molecule has 3 rings (SSSR count). The molecule has 0 radical (unpaired) electrons. The van der Waals surface area contributed by atoms with Gasteiger partial charge in [0.05, 0.1) is 17.3 Å². The average Bonchev–Trinajstić information content (AvgIpc) is 3.08. The summed E-state index contributed by atoms with van der Waals surface area (Å²) >= 11 is 19.8. The van der Waals surface area contributed by atoms with E-state index in [2.05, 4.69) is 36.4 Å². The highest BCUT2D eigenvalue weighted by Gasteiger charge is 2.38. The number of hydrogen-bond donors (Lipinski definition) is 2. The minimum absolute atomic E-state index is 0.158. The molecule has 1 saturated carbocycles. The standard InChI is InChI=1S/C21H28Cl3N3O3S/c1-11(2)14-7-5-12(3)9-16(14)30-20(28)27-18(21(22,23)24)26-19-25-15-8-6-13(29-4)10-17(15)31-19/h6,8,10-12,14,16,18H,5,7,9H2,1-4H3,(H,25,26)(H,27,28)/t12-,14+,16+,18+/m0/s1. The van der Waals surface area contributed by atoms with Gasteiger partial charge in [-0.25, -0.2) is 9.78 Å². The third-order valence-electron chi connectivity index (χ3n) is 5.67. The number of hydrogen-bond acceptors (Lipinski definition) is 6. The highest BCUT2D eigenvalue weighted by Crippen LogP contribution is 2.37. The summed E-state index contributed by atoms with van der Waals surface area (Å²) in [6.45, 7) is 6.49. The van der Waals surface area contributed by atoms with Crippen molar-refractivity contribution in [2.24, 2.45) is 17.8 Å². The molecule has 0 bridgehead atoms. The van der Waals surface area contributed by atoms with Crippen LogP contribution in [0.4, 0.5) is 9.93 Å². The van der Waals surface area contributed by atoms with Gasteiger partial charge in [-0.3, -0.25) is 5.32 Å². The van der Waals surface area contributed by atoms with Crippen LogP contribution in [0.15, 0.2) is 18.2 Å². The van der Waals surface area contributed by atoms with Crippen LogP contribution in [0.1, 0.15) is 40.0 Å². The molecular formula is C21H28Cl3N3O3S. The van der Waals surface area contributed by atoms with E-state index < -0.39 is 16.1 Å². The Balaban J connectivity index is 1.70. The molecule has 1 heterocycles. The first-order chi connectivity index (χ1) is 14.6. The molecule has 1 aromatic heterocycles. The molecule has 2 N–H and O–H groups in total. The van der Waals surface area contributed by atoms with E-state index in [0.29, 0.717) is 22.9 Å². The van der Waals surface area contributed by atoms with E-state index in [-0.39, 0.29) is 6.10 Å². The number of alkyl carbamates (subject to hydrolysis) is 1. The van der Waals surface area contributed by atoms with E-state index >= 15 is 0 Å². The van der Waals surface area contributed by atoms with Crippen molar-refractivity contribution in [1.29, 1.82) is 0 Å². The van der Waals surface area contributed by atoms with Crippen LogP contribution in [0.25, 0.3) is 10.2 Å². The number of ether oxygens (including phenoxy) is 2. The number of nitrogens with one attached hydrogen (secondary N) is 2. The zero-order valence-electron chi connectivity index (χ0n) is 18.0. The first kappa shape index (κ1) is 24.5. The molecule has 1 aliphatic rings. The number of thiazole rings is 1. The number of amides is 1. The van der Waals surface area contributed by atoms with Gasteiger partial charge in [0.1, 0.15) is 11.9 Å². The Hall–Kier alpha value is -1.15. The Labute approximate surface area is 201 Å². The third kappa shape index (κ3) is 6.44. The second-order valence-corrected chi connectivity index (χ2v) is 11.8. The Morgan fingerprint density at radius 2 is 2.03 bits per heavy atom. The van der Waals surface area contributed by atoms with E-state index in [4.69, 9.17) is 44.3 Å². The lowest BCUT2D eigenvalue weighted by atomic mass is 9.75. The van der Waals surface area contributed by atoms with Crippen molar-refractivity contribution in [3.63, 3.8) is 0 Å². The van der Waals surface area contributed by atoms with E-state index in [1.807, 2.05) is 18.2 Å². The van der Waals surface area contributed by atoms with Gasteiger partial charge in [0, 0.05) is 0 Å². The number of halogens is 3. The fourth-order valence-corrected chi connectivity index (χ4v) is 5.21. The second kappa shape index (κ2) is 10.2. The molecule has 1 aromatic carbocycles. The summed E-state index contributed by atoms with van der Waals surface area (Å²) in [5.74, 6) is 1.98. The third-order valence-corrected chi connectivity index (χ3v) is 7.28. The number of fused-ring (bicyclic) bond motifs is 1. The minimum Gasteiger partial charge on any atom is -0.497 e. The molecule has 0 saturated heterocycles. The van der Waals surface area contributed by atoms with Crippen molar-refractivity contribution in [3.05, 3.63) is 18.2 Å². The summed E-state index contributed by atoms with van der Waals surface area (Å²) in [6, 6.07) is 5.54. The first-order valence-electron chi connectivity index (χ1n) is 10.3. The lowest BCUT2D eigenvalue weighted by Crippen LogP contribution is -2.50. The Morgan fingerprint density at radius 3 is 2.68 bits per heavy atom. The Kier molecular flexibility index (Phi) is 8.05. The molecule has 1 aliphatic carbocycles. The number of anilines is 1. The molecule has 172 valence electrons. The van der Waals surface area contributed by atoms with Gasteiger partial charge in [0.25, 0.3) is 0 Å².